The number of urea groups is 1. The zero-order valence-electron chi connectivity index (χ0n) is 13.7. The fraction of sp³-hybridized carbons (Fsp3) is 0.471. The molecule has 1 saturated heterocycles. The van der Waals surface area contributed by atoms with Gasteiger partial charge >= 0.3 is 6.03 Å². The zero-order valence-corrected chi connectivity index (χ0v) is 13.7. The van der Waals surface area contributed by atoms with Gasteiger partial charge in [0.05, 0.1) is 0 Å². The fourth-order valence-electron chi connectivity index (χ4n) is 2.93. The Bertz CT molecular complexity index is 664. The van der Waals surface area contributed by atoms with E-state index < -0.39 is 0 Å². The van der Waals surface area contributed by atoms with Gasteiger partial charge in [-0.3, -0.25) is 0 Å². The van der Waals surface area contributed by atoms with Crippen molar-refractivity contribution in [3.05, 3.63) is 47.5 Å². The van der Waals surface area contributed by atoms with Crippen LogP contribution in [0.15, 0.2) is 30.6 Å². The van der Waals surface area contributed by atoms with Gasteiger partial charge in [0.1, 0.15) is 12.2 Å². The van der Waals surface area contributed by atoms with Crippen molar-refractivity contribution in [3.8, 4) is 0 Å². The average molecular weight is 313 g/mol. The van der Waals surface area contributed by atoms with Crippen molar-refractivity contribution in [2.45, 2.75) is 26.3 Å². The second-order valence-electron chi connectivity index (χ2n) is 6.31. The molecule has 1 aliphatic rings. The van der Waals surface area contributed by atoms with Crippen molar-refractivity contribution in [2.75, 3.05) is 13.1 Å². The average Bonchev–Trinajstić information content (AvgIpc) is 3.17. The number of amides is 2. The van der Waals surface area contributed by atoms with Gasteiger partial charge in [-0.05, 0) is 24.8 Å². The highest BCUT2D eigenvalue weighted by Crippen LogP contribution is 2.19. The summed E-state index contributed by atoms with van der Waals surface area (Å²) in [5.41, 5.74) is 2.35. The SMILES string of the molecule is Cc1ccc(CNC(=O)N2CCC(Cc3nncn3C)C2)cc1. The van der Waals surface area contributed by atoms with Gasteiger partial charge in [0.25, 0.3) is 0 Å². The molecule has 1 unspecified atom stereocenters. The van der Waals surface area contributed by atoms with Crippen molar-refractivity contribution in [1.82, 2.24) is 25.0 Å². The maximum atomic E-state index is 12.3. The van der Waals surface area contributed by atoms with Gasteiger partial charge in [-0.1, -0.05) is 29.8 Å². The molecule has 6 heteroatoms. The molecule has 1 aromatic heterocycles. The summed E-state index contributed by atoms with van der Waals surface area (Å²) in [6, 6.07) is 8.25. The highest BCUT2D eigenvalue weighted by Gasteiger charge is 2.27. The number of nitrogens with zero attached hydrogens (tertiary/aromatic N) is 4. The lowest BCUT2D eigenvalue weighted by atomic mass is 10.0. The van der Waals surface area contributed by atoms with Crippen molar-refractivity contribution in [3.63, 3.8) is 0 Å². The Morgan fingerprint density at radius 2 is 2.13 bits per heavy atom. The number of benzene rings is 1. The normalized spacial score (nSPS) is 17.5. The molecular weight excluding hydrogens is 290 g/mol. The van der Waals surface area contributed by atoms with Gasteiger partial charge in [0, 0.05) is 33.1 Å². The molecule has 0 radical (unpaired) electrons. The van der Waals surface area contributed by atoms with Crippen LogP contribution in [0.2, 0.25) is 0 Å². The maximum absolute atomic E-state index is 12.3. The van der Waals surface area contributed by atoms with Crippen LogP contribution in [0.3, 0.4) is 0 Å². The van der Waals surface area contributed by atoms with Crippen LogP contribution in [0.5, 0.6) is 0 Å². The molecule has 122 valence electrons. The van der Waals surface area contributed by atoms with E-state index in [1.165, 1.54) is 5.56 Å². The minimum absolute atomic E-state index is 0.0195. The number of nitrogens with one attached hydrogen (secondary N) is 1. The second kappa shape index (κ2) is 6.81. The molecule has 23 heavy (non-hydrogen) atoms. The molecule has 2 amide bonds. The smallest absolute Gasteiger partial charge is 0.317 e. The number of rotatable bonds is 4. The van der Waals surface area contributed by atoms with Crippen LogP contribution in [-0.2, 0) is 20.0 Å². The highest BCUT2D eigenvalue weighted by molar-refractivity contribution is 5.74. The first-order chi connectivity index (χ1) is 11.1. The topological polar surface area (TPSA) is 63.1 Å². The first-order valence-corrected chi connectivity index (χ1v) is 8.03. The number of carbonyl (C=O) groups is 1. The first kappa shape index (κ1) is 15.5. The van der Waals surface area contributed by atoms with Crippen LogP contribution in [0.4, 0.5) is 4.79 Å². The van der Waals surface area contributed by atoms with Crippen molar-refractivity contribution in [1.29, 1.82) is 0 Å². The van der Waals surface area contributed by atoms with Crippen molar-refractivity contribution >= 4 is 6.03 Å². The van der Waals surface area contributed by atoms with Gasteiger partial charge in [-0.2, -0.15) is 0 Å². The predicted molar refractivity (Wildman–Crippen MR) is 87.8 cm³/mol. The van der Waals surface area contributed by atoms with E-state index in [1.54, 1.807) is 6.33 Å². The third kappa shape index (κ3) is 3.88. The van der Waals surface area contributed by atoms with Gasteiger partial charge in [-0.25, -0.2) is 4.79 Å². The lowest BCUT2D eigenvalue weighted by molar-refractivity contribution is 0.206. The number of carbonyl (C=O) groups excluding carboxylic acids is 1. The number of aryl methyl sites for hydroxylation is 2. The van der Waals surface area contributed by atoms with Gasteiger partial charge in [-0.15, -0.1) is 10.2 Å². The van der Waals surface area contributed by atoms with Crippen LogP contribution in [0.1, 0.15) is 23.4 Å². The summed E-state index contributed by atoms with van der Waals surface area (Å²) in [7, 11) is 1.95. The third-order valence-electron chi connectivity index (χ3n) is 4.41. The molecule has 1 atom stereocenters. The van der Waals surface area contributed by atoms with Crippen LogP contribution in [0.25, 0.3) is 0 Å². The molecule has 0 spiro atoms. The summed E-state index contributed by atoms with van der Waals surface area (Å²) in [6.45, 7) is 4.22. The van der Waals surface area contributed by atoms with Gasteiger partial charge in [0.2, 0.25) is 0 Å². The van der Waals surface area contributed by atoms with E-state index in [-0.39, 0.29) is 6.03 Å². The van der Waals surface area contributed by atoms with Crippen LogP contribution >= 0.6 is 0 Å². The molecule has 1 aliphatic heterocycles. The first-order valence-electron chi connectivity index (χ1n) is 8.03. The molecule has 0 saturated carbocycles. The minimum Gasteiger partial charge on any atom is -0.334 e. The Morgan fingerprint density at radius 1 is 1.35 bits per heavy atom. The molecule has 2 heterocycles. The molecule has 0 bridgehead atoms. The molecule has 1 aromatic carbocycles. The third-order valence-corrected chi connectivity index (χ3v) is 4.41. The quantitative estimate of drug-likeness (QED) is 0.937. The van der Waals surface area contributed by atoms with E-state index >= 15 is 0 Å². The summed E-state index contributed by atoms with van der Waals surface area (Å²) < 4.78 is 1.94. The molecule has 1 fully saturated rings. The highest BCUT2D eigenvalue weighted by atomic mass is 16.2. The summed E-state index contributed by atoms with van der Waals surface area (Å²) in [5.74, 6) is 1.44. The van der Waals surface area contributed by atoms with Crippen LogP contribution in [-0.4, -0.2) is 38.8 Å². The summed E-state index contributed by atoms with van der Waals surface area (Å²) in [6.07, 6.45) is 3.61. The number of aromatic nitrogens is 3. The van der Waals surface area contributed by atoms with E-state index in [9.17, 15) is 4.79 Å². The van der Waals surface area contributed by atoms with Crippen molar-refractivity contribution in [2.24, 2.45) is 13.0 Å². The van der Waals surface area contributed by atoms with Gasteiger partial charge < -0.3 is 14.8 Å². The monoisotopic (exact) mass is 313 g/mol. The van der Waals surface area contributed by atoms with E-state index in [4.69, 9.17) is 0 Å². The lowest BCUT2D eigenvalue weighted by Gasteiger charge is -2.17. The summed E-state index contributed by atoms with van der Waals surface area (Å²) in [5, 5.41) is 11.0. The van der Waals surface area contributed by atoms with E-state index in [1.807, 2.05) is 16.5 Å². The second-order valence-corrected chi connectivity index (χ2v) is 6.31. The molecular formula is C17H23N5O. The molecule has 6 nitrogen and oxygen atoms in total. The molecule has 0 aliphatic carbocycles. The maximum Gasteiger partial charge on any atom is 0.317 e. The summed E-state index contributed by atoms with van der Waals surface area (Å²) >= 11 is 0. The van der Waals surface area contributed by atoms with Crippen molar-refractivity contribution < 1.29 is 4.79 Å². The zero-order chi connectivity index (χ0) is 16.2. The van der Waals surface area contributed by atoms with Crippen LogP contribution in [0, 0.1) is 12.8 Å². The molecule has 3 rings (SSSR count). The fourth-order valence-corrected chi connectivity index (χ4v) is 2.93. The minimum atomic E-state index is 0.0195. The number of likely N-dealkylation sites (tertiary alicyclic amines) is 1. The Hall–Kier alpha value is -2.37. The number of hydrogen-bond acceptors (Lipinski definition) is 3. The predicted octanol–water partition coefficient (Wildman–Crippen LogP) is 1.90. The Kier molecular flexibility index (Phi) is 4.60. The Balaban J connectivity index is 1.47. The largest absolute Gasteiger partial charge is 0.334 e. The van der Waals surface area contributed by atoms with E-state index in [2.05, 4.69) is 46.7 Å². The van der Waals surface area contributed by atoms with E-state index in [0.29, 0.717) is 12.5 Å². The van der Waals surface area contributed by atoms with E-state index in [0.717, 1.165) is 37.3 Å². The Morgan fingerprint density at radius 3 is 2.83 bits per heavy atom. The van der Waals surface area contributed by atoms with Crippen LogP contribution < -0.4 is 5.32 Å². The summed E-state index contributed by atoms with van der Waals surface area (Å²) in [4.78, 5) is 14.2. The lowest BCUT2D eigenvalue weighted by Crippen LogP contribution is -2.38. The standard InChI is InChI=1S/C17H23N5O/c1-13-3-5-14(6-4-13)10-18-17(23)22-8-7-15(11-22)9-16-20-19-12-21(16)2/h3-6,12,15H,7-11H2,1-2H3,(H,18,23). The Labute approximate surface area is 136 Å². The number of hydrogen-bond donors (Lipinski definition) is 1. The molecule has 1 N–H and O–H groups in total. The van der Waals surface area contributed by atoms with Gasteiger partial charge in [0.15, 0.2) is 0 Å². The molecule has 2 aromatic rings.